The molecule has 2 aromatic rings. The predicted octanol–water partition coefficient (Wildman–Crippen LogP) is 3.51. The van der Waals surface area contributed by atoms with Crippen LogP contribution in [0.3, 0.4) is 0 Å². The third-order valence-electron chi connectivity index (χ3n) is 5.00. The van der Waals surface area contributed by atoms with Crippen LogP contribution in [0.25, 0.3) is 0 Å². The third kappa shape index (κ3) is 6.04. The smallest absolute Gasteiger partial charge is 0.222 e. The molecule has 0 aromatic heterocycles. The van der Waals surface area contributed by atoms with Gasteiger partial charge in [-0.1, -0.05) is 36.4 Å². The van der Waals surface area contributed by atoms with Gasteiger partial charge in [0, 0.05) is 32.6 Å². The minimum Gasteiger partial charge on any atom is -0.357 e. The average molecular weight is 397 g/mol. The van der Waals surface area contributed by atoms with Gasteiger partial charge in [-0.3, -0.25) is 4.79 Å². The standard InChI is InChI=1S/C23H29FN4O/c1-3-25-23(27-15-19-10-9-17(2)21(24)13-19)26-14-18-6-4-7-20(12-18)16-28-11-5-8-22(28)29/h4,6-7,9-10,12-13H,3,5,8,11,14-16H2,1-2H3,(H2,25,26,27). The zero-order valence-corrected chi connectivity index (χ0v) is 17.2. The highest BCUT2D eigenvalue weighted by atomic mass is 19.1. The Morgan fingerprint density at radius 2 is 1.97 bits per heavy atom. The van der Waals surface area contributed by atoms with Crippen molar-refractivity contribution in [2.75, 3.05) is 13.1 Å². The Labute approximate surface area is 172 Å². The van der Waals surface area contributed by atoms with Gasteiger partial charge in [0.15, 0.2) is 5.96 Å². The van der Waals surface area contributed by atoms with E-state index in [0.717, 1.165) is 36.2 Å². The number of nitrogens with zero attached hydrogens (tertiary/aromatic N) is 2. The van der Waals surface area contributed by atoms with E-state index in [9.17, 15) is 9.18 Å². The maximum absolute atomic E-state index is 13.7. The van der Waals surface area contributed by atoms with Gasteiger partial charge in [0.2, 0.25) is 5.91 Å². The summed E-state index contributed by atoms with van der Waals surface area (Å²) in [4.78, 5) is 18.4. The first-order chi connectivity index (χ1) is 14.0. The van der Waals surface area contributed by atoms with Crippen molar-refractivity contribution in [2.45, 2.75) is 46.3 Å². The van der Waals surface area contributed by atoms with E-state index in [4.69, 9.17) is 0 Å². The predicted molar refractivity (Wildman–Crippen MR) is 114 cm³/mol. The van der Waals surface area contributed by atoms with E-state index < -0.39 is 0 Å². The van der Waals surface area contributed by atoms with Gasteiger partial charge in [-0.2, -0.15) is 0 Å². The lowest BCUT2D eigenvalue weighted by Gasteiger charge is -2.16. The summed E-state index contributed by atoms with van der Waals surface area (Å²) < 4.78 is 13.7. The van der Waals surface area contributed by atoms with Gasteiger partial charge in [0.25, 0.3) is 0 Å². The van der Waals surface area contributed by atoms with Crippen molar-refractivity contribution in [1.29, 1.82) is 0 Å². The Kier molecular flexibility index (Phi) is 7.22. The lowest BCUT2D eigenvalue weighted by molar-refractivity contribution is -0.128. The van der Waals surface area contributed by atoms with Crippen LogP contribution in [0.2, 0.25) is 0 Å². The second kappa shape index (κ2) is 10.0. The average Bonchev–Trinajstić information content (AvgIpc) is 3.11. The summed E-state index contributed by atoms with van der Waals surface area (Å²) in [5, 5.41) is 6.47. The molecule has 5 nitrogen and oxygen atoms in total. The molecule has 0 unspecified atom stereocenters. The van der Waals surface area contributed by atoms with Gasteiger partial charge in [-0.15, -0.1) is 0 Å². The number of aliphatic imine (C=N–C) groups is 1. The SMILES string of the molecule is CCNC(=NCc1cccc(CN2CCCC2=O)c1)NCc1ccc(C)c(F)c1. The van der Waals surface area contributed by atoms with Crippen molar-refractivity contribution in [2.24, 2.45) is 4.99 Å². The van der Waals surface area contributed by atoms with Crippen LogP contribution in [0.5, 0.6) is 0 Å². The Hall–Kier alpha value is -2.89. The minimum absolute atomic E-state index is 0.195. The number of benzene rings is 2. The van der Waals surface area contributed by atoms with Crippen LogP contribution < -0.4 is 10.6 Å². The van der Waals surface area contributed by atoms with Crippen molar-refractivity contribution in [1.82, 2.24) is 15.5 Å². The van der Waals surface area contributed by atoms with Crippen molar-refractivity contribution in [3.05, 3.63) is 70.5 Å². The van der Waals surface area contributed by atoms with Crippen LogP contribution >= 0.6 is 0 Å². The molecule has 0 atom stereocenters. The highest BCUT2D eigenvalue weighted by Crippen LogP contribution is 2.15. The van der Waals surface area contributed by atoms with E-state index in [0.29, 0.717) is 37.6 Å². The molecule has 2 N–H and O–H groups in total. The summed E-state index contributed by atoms with van der Waals surface area (Å²) in [5.74, 6) is 0.729. The molecule has 29 heavy (non-hydrogen) atoms. The Morgan fingerprint density at radius 3 is 2.69 bits per heavy atom. The molecule has 0 aliphatic carbocycles. The number of carbonyl (C=O) groups excluding carboxylic acids is 1. The number of halogens is 1. The normalized spacial score (nSPS) is 14.4. The lowest BCUT2D eigenvalue weighted by Crippen LogP contribution is -2.36. The zero-order valence-electron chi connectivity index (χ0n) is 17.2. The van der Waals surface area contributed by atoms with E-state index in [1.54, 1.807) is 19.1 Å². The Morgan fingerprint density at radius 1 is 1.14 bits per heavy atom. The summed E-state index contributed by atoms with van der Waals surface area (Å²) in [6, 6.07) is 13.5. The first-order valence-corrected chi connectivity index (χ1v) is 10.2. The second-order valence-corrected chi connectivity index (χ2v) is 7.37. The Balaban J connectivity index is 1.61. The van der Waals surface area contributed by atoms with Crippen molar-refractivity contribution >= 4 is 11.9 Å². The molecule has 0 radical (unpaired) electrons. The summed E-state index contributed by atoms with van der Waals surface area (Å²) in [7, 11) is 0. The van der Waals surface area contributed by atoms with Crippen LogP contribution in [0.15, 0.2) is 47.5 Å². The van der Waals surface area contributed by atoms with Gasteiger partial charge in [0.1, 0.15) is 5.82 Å². The molecule has 1 fully saturated rings. The molecular weight excluding hydrogens is 367 g/mol. The van der Waals surface area contributed by atoms with Crippen LogP contribution in [0.1, 0.15) is 42.0 Å². The summed E-state index contributed by atoms with van der Waals surface area (Å²) in [6.07, 6.45) is 1.61. The van der Waals surface area contributed by atoms with Gasteiger partial charge in [0.05, 0.1) is 6.54 Å². The fraction of sp³-hybridized carbons (Fsp3) is 0.391. The fourth-order valence-electron chi connectivity index (χ4n) is 3.36. The van der Waals surface area contributed by atoms with Crippen LogP contribution in [0.4, 0.5) is 4.39 Å². The minimum atomic E-state index is -0.195. The molecule has 1 aliphatic rings. The van der Waals surface area contributed by atoms with E-state index >= 15 is 0 Å². The molecule has 154 valence electrons. The molecule has 1 heterocycles. The van der Waals surface area contributed by atoms with Gasteiger partial charge in [-0.25, -0.2) is 9.38 Å². The van der Waals surface area contributed by atoms with E-state index in [1.807, 2.05) is 36.1 Å². The quantitative estimate of drug-likeness (QED) is 0.556. The maximum Gasteiger partial charge on any atom is 0.222 e. The van der Waals surface area contributed by atoms with Crippen LogP contribution in [-0.2, 0) is 24.4 Å². The van der Waals surface area contributed by atoms with E-state index in [-0.39, 0.29) is 11.7 Å². The molecule has 1 aliphatic heterocycles. The first-order valence-electron chi connectivity index (χ1n) is 10.2. The van der Waals surface area contributed by atoms with E-state index in [1.165, 1.54) is 0 Å². The van der Waals surface area contributed by atoms with Gasteiger partial charge < -0.3 is 15.5 Å². The Bertz CT molecular complexity index is 881. The highest BCUT2D eigenvalue weighted by Gasteiger charge is 2.19. The number of hydrogen-bond donors (Lipinski definition) is 2. The zero-order chi connectivity index (χ0) is 20.6. The number of carbonyl (C=O) groups is 1. The monoisotopic (exact) mass is 396 g/mol. The highest BCUT2D eigenvalue weighted by molar-refractivity contribution is 5.79. The van der Waals surface area contributed by atoms with Crippen molar-refractivity contribution in [3.63, 3.8) is 0 Å². The van der Waals surface area contributed by atoms with Crippen LogP contribution in [0, 0.1) is 12.7 Å². The summed E-state index contributed by atoms with van der Waals surface area (Å²) >= 11 is 0. The van der Waals surface area contributed by atoms with E-state index in [2.05, 4.69) is 21.7 Å². The largest absolute Gasteiger partial charge is 0.357 e. The molecule has 0 bridgehead atoms. The number of guanidine groups is 1. The number of aryl methyl sites for hydroxylation is 1. The lowest BCUT2D eigenvalue weighted by atomic mass is 10.1. The number of likely N-dealkylation sites (tertiary alicyclic amines) is 1. The molecule has 0 spiro atoms. The van der Waals surface area contributed by atoms with Gasteiger partial charge >= 0.3 is 0 Å². The molecular formula is C23H29FN4O. The fourth-order valence-corrected chi connectivity index (χ4v) is 3.36. The number of amides is 1. The van der Waals surface area contributed by atoms with Crippen molar-refractivity contribution in [3.8, 4) is 0 Å². The molecule has 0 saturated carbocycles. The van der Waals surface area contributed by atoms with Gasteiger partial charge in [-0.05, 0) is 48.6 Å². The number of nitrogens with one attached hydrogen (secondary N) is 2. The van der Waals surface area contributed by atoms with Crippen molar-refractivity contribution < 1.29 is 9.18 Å². The van der Waals surface area contributed by atoms with Crippen LogP contribution in [-0.4, -0.2) is 29.9 Å². The number of rotatable bonds is 7. The molecule has 2 aromatic carbocycles. The number of hydrogen-bond acceptors (Lipinski definition) is 2. The third-order valence-corrected chi connectivity index (χ3v) is 5.00. The maximum atomic E-state index is 13.7. The summed E-state index contributed by atoms with van der Waals surface area (Å²) in [5.41, 5.74) is 3.73. The second-order valence-electron chi connectivity index (χ2n) is 7.37. The molecule has 1 saturated heterocycles. The topological polar surface area (TPSA) is 56.7 Å². The molecule has 6 heteroatoms. The first kappa shape index (κ1) is 20.8. The molecule has 3 rings (SSSR count). The molecule has 1 amide bonds. The summed E-state index contributed by atoms with van der Waals surface area (Å²) in [6.45, 7) is 7.04.